The van der Waals surface area contributed by atoms with Crippen molar-refractivity contribution < 1.29 is 0 Å². The molecule has 1 aromatic heterocycles. The van der Waals surface area contributed by atoms with E-state index < -0.39 is 0 Å². The van der Waals surface area contributed by atoms with Gasteiger partial charge in [0.25, 0.3) is 0 Å². The van der Waals surface area contributed by atoms with Gasteiger partial charge in [-0.2, -0.15) is 5.10 Å². The lowest BCUT2D eigenvalue weighted by molar-refractivity contribution is 0.457. The van der Waals surface area contributed by atoms with Gasteiger partial charge in [0.15, 0.2) is 0 Å². The fourth-order valence-corrected chi connectivity index (χ4v) is 2.64. The van der Waals surface area contributed by atoms with Gasteiger partial charge < -0.3 is 5.32 Å². The zero-order valence-electron chi connectivity index (χ0n) is 11.2. The molecule has 0 bridgehead atoms. The number of hydrogen-bond acceptors (Lipinski definition) is 2. The summed E-state index contributed by atoms with van der Waals surface area (Å²) in [5, 5.41) is 8.23. The number of nitrogens with one attached hydrogen (secondary N) is 1. The predicted octanol–water partition coefficient (Wildman–Crippen LogP) is 2.93. The van der Waals surface area contributed by atoms with Crippen LogP contribution in [-0.2, 0) is 6.42 Å². The summed E-state index contributed by atoms with van der Waals surface area (Å²) in [6, 6.07) is 3.38. The standard InChI is InChI=1S/C14H25N3/c1-3-9-15-12(2)11-13-8-10-17(16-13)14-6-4-5-7-14/h8,10,12,14-15H,3-7,9,11H2,1-2H3. The minimum Gasteiger partial charge on any atom is -0.314 e. The molecule has 1 atom stereocenters. The van der Waals surface area contributed by atoms with Crippen molar-refractivity contribution in [3.63, 3.8) is 0 Å². The van der Waals surface area contributed by atoms with E-state index in [1.54, 1.807) is 0 Å². The minimum absolute atomic E-state index is 0.530. The third-order valence-electron chi connectivity index (χ3n) is 3.62. The first-order valence-corrected chi connectivity index (χ1v) is 7.07. The van der Waals surface area contributed by atoms with Gasteiger partial charge in [0, 0.05) is 18.7 Å². The van der Waals surface area contributed by atoms with Crippen molar-refractivity contribution in [1.82, 2.24) is 15.1 Å². The topological polar surface area (TPSA) is 29.9 Å². The third-order valence-corrected chi connectivity index (χ3v) is 3.62. The molecule has 0 saturated heterocycles. The molecule has 2 rings (SSSR count). The predicted molar refractivity (Wildman–Crippen MR) is 71.2 cm³/mol. The maximum absolute atomic E-state index is 4.72. The monoisotopic (exact) mass is 235 g/mol. The van der Waals surface area contributed by atoms with Gasteiger partial charge in [0.2, 0.25) is 0 Å². The van der Waals surface area contributed by atoms with E-state index in [9.17, 15) is 0 Å². The Morgan fingerprint density at radius 3 is 2.94 bits per heavy atom. The zero-order chi connectivity index (χ0) is 12.1. The van der Waals surface area contributed by atoms with E-state index in [1.807, 2.05) is 0 Å². The van der Waals surface area contributed by atoms with Crippen molar-refractivity contribution in [2.24, 2.45) is 0 Å². The fourth-order valence-electron chi connectivity index (χ4n) is 2.64. The number of rotatable bonds is 6. The molecule has 17 heavy (non-hydrogen) atoms. The first-order chi connectivity index (χ1) is 8.29. The Balaban J connectivity index is 1.84. The molecule has 1 saturated carbocycles. The van der Waals surface area contributed by atoms with Crippen molar-refractivity contribution >= 4 is 0 Å². The molecule has 0 radical (unpaired) electrons. The Hall–Kier alpha value is -0.830. The second-order valence-electron chi connectivity index (χ2n) is 5.28. The van der Waals surface area contributed by atoms with E-state index in [0.29, 0.717) is 12.1 Å². The van der Waals surface area contributed by atoms with Crippen LogP contribution in [-0.4, -0.2) is 22.4 Å². The van der Waals surface area contributed by atoms with Crippen LogP contribution in [0.25, 0.3) is 0 Å². The van der Waals surface area contributed by atoms with E-state index in [1.165, 1.54) is 37.8 Å². The first-order valence-electron chi connectivity index (χ1n) is 7.07. The van der Waals surface area contributed by atoms with Gasteiger partial charge >= 0.3 is 0 Å². The highest BCUT2D eigenvalue weighted by Gasteiger charge is 2.17. The van der Waals surface area contributed by atoms with Crippen molar-refractivity contribution in [2.45, 2.75) is 64.5 Å². The normalized spacial score (nSPS) is 18.7. The van der Waals surface area contributed by atoms with Gasteiger partial charge in [0.05, 0.1) is 11.7 Å². The quantitative estimate of drug-likeness (QED) is 0.821. The molecular weight excluding hydrogens is 210 g/mol. The Labute approximate surface area is 105 Å². The summed E-state index contributed by atoms with van der Waals surface area (Å²) in [5.41, 5.74) is 1.23. The van der Waals surface area contributed by atoms with Gasteiger partial charge in [-0.15, -0.1) is 0 Å². The molecule has 1 aliphatic carbocycles. The maximum Gasteiger partial charge on any atom is 0.0640 e. The summed E-state index contributed by atoms with van der Waals surface area (Å²) >= 11 is 0. The zero-order valence-corrected chi connectivity index (χ0v) is 11.2. The van der Waals surface area contributed by atoms with Crippen LogP contribution in [0.5, 0.6) is 0 Å². The van der Waals surface area contributed by atoms with Crippen LogP contribution in [0, 0.1) is 0 Å². The van der Waals surface area contributed by atoms with E-state index in [-0.39, 0.29) is 0 Å². The van der Waals surface area contributed by atoms with E-state index >= 15 is 0 Å². The Morgan fingerprint density at radius 1 is 1.47 bits per heavy atom. The molecule has 0 amide bonds. The second-order valence-corrected chi connectivity index (χ2v) is 5.28. The lowest BCUT2D eigenvalue weighted by Crippen LogP contribution is -2.28. The van der Waals surface area contributed by atoms with Crippen molar-refractivity contribution in [3.05, 3.63) is 18.0 Å². The highest BCUT2D eigenvalue weighted by Crippen LogP contribution is 2.28. The van der Waals surface area contributed by atoms with E-state index in [0.717, 1.165) is 13.0 Å². The Bertz CT molecular complexity index is 326. The number of aromatic nitrogens is 2. The van der Waals surface area contributed by atoms with Gasteiger partial charge in [-0.05, 0) is 38.8 Å². The molecule has 96 valence electrons. The van der Waals surface area contributed by atoms with Crippen molar-refractivity contribution in [2.75, 3.05) is 6.54 Å². The third kappa shape index (κ3) is 3.56. The Kier molecular flexibility index (Phi) is 4.60. The van der Waals surface area contributed by atoms with Gasteiger partial charge in [-0.3, -0.25) is 4.68 Å². The first kappa shape index (κ1) is 12.6. The van der Waals surface area contributed by atoms with Gasteiger partial charge in [-0.1, -0.05) is 19.8 Å². The SMILES string of the molecule is CCCNC(C)Cc1ccn(C2CCCC2)n1. The fraction of sp³-hybridized carbons (Fsp3) is 0.786. The van der Waals surface area contributed by atoms with Crippen LogP contribution < -0.4 is 5.32 Å². The highest BCUT2D eigenvalue weighted by molar-refractivity contribution is 5.02. The smallest absolute Gasteiger partial charge is 0.0640 e. The largest absolute Gasteiger partial charge is 0.314 e. The van der Waals surface area contributed by atoms with Gasteiger partial charge in [0.1, 0.15) is 0 Å². The molecule has 0 aliphatic heterocycles. The number of hydrogen-bond donors (Lipinski definition) is 1. The summed E-state index contributed by atoms with van der Waals surface area (Å²) in [6.45, 7) is 5.54. The van der Waals surface area contributed by atoms with Gasteiger partial charge in [-0.25, -0.2) is 0 Å². The van der Waals surface area contributed by atoms with Crippen LogP contribution in [0.1, 0.15) is 57.7 Å². The molecule has 3 heteroatoms. The lowest BCUT2D eigenvalue weighted by Gasteiger charge is -2.12. The van der Waals surface area contributed by atoms with Crippen LogP contribution >= 0.6 is 0 Å². The average molecular weight is 235 g/mol. The van der Waals surface area contributed by atoms with E-state index in [4.69, 9.17) is 5.10 Å². The number of nitrogens with zero attached hydrogens (tertiary/aromatic N) is 2. The van der Waals surface area contributed by atoms with Crippen LogP contribution in [0.2, 0.25) is 0 Å². The molecule has 1 aliphatic rings. The highest BCUT2D eigenvalue weighted by atomic mass is 15.3. The molecular formula is C14H25N3. The molecule has 1 heterocycles. The molecule has 0 aromatic carbocycles. The molecule has 3 nitrogen and oxygen atoms in total. The van der Waals surface area contributed by atoms with Crippen LogP contribution in [0.4, 0.5) is 0 Å². The summed E-state index contributed by atoms with van der Waals surface area (Å²) < 4.78 is 2.19. The second kappa shape index (κ2) is 6.20. The summed E-state index contributed by atoms with van der Waals surface area (Å²) in [4.78, 5) is 0. The maximum atomic E-state index is 4.72. The summed E-state index contributed by atoms with van der Waals surface area (Å²) in [6.07, 6.45) is 9.76. The lowest BCUT2D eigenvalue weighted by atomic mass is 10.2. The summed E-state index contributed by atoms with van der Waals surface area (Å²) in [7, 11) is 0. The average Bonchev–Trinajstić information content (AvgIpc) is 2.95. The summed E-state index contributed by atoms with van der Waals surface area (Å²) in [5.74, 6) is 0. The van der Waals surface area contributed by atoms with E-state index in [2.05, 4.69) is 36.1 Å². The van der Waals surface area contributed by atoms with Crippen molar-refractivity contribution in [3.8, 4) is 0 Å². The van der Waals surface area contributed by atoms with Crippen LogP contribution in [0.3, 0.4) is 0 Å². The minimum atomic E-state index is 0.530. The Morgan fingerprint density at radius 2 is 2.24 bits per heavy atom. The molecule has 1 aromatic rings. The molecule has 1 fully saturated rings. The molecule has 1 N–H and O–H groups in total. The van der Waals surface area contributed by atoms with Crippen molar-refractivity contribution in [1.29, 1.82) is 0 Å². The molecule has 1 unspecified atom stereocenters. The molecule has 0 spiro atoms. The van der Waals surface area contributed by atoms with Crippen LogP contribution in [0.15, 0.2) is 12.3 Å².